The molecule has 0 spiro atoms. The number of thioether (sulfide) groups is 1. The molecule has 3 heterocycles. The van der Waals surface area contributed by atoms with Gasteiger partial charge in [-0.25, -0.2) is 4.39 Å². The lowest BCUT2D eigenvalue weighted by Crippen LogP contribution is -2.15. The molecule has 8 heteroatoms. The molecule has 1 aliphatic heterocycles. The van der Waals surface area contributed by atoms with E-state index in [-0.39, 0.29) is 12.4 Å². The largest absolute Gasteiger partial charge is 0.486 e. The van der Waals surface area contributed by atoms with Crippen LogP contribution in [0.1, 0.15) is 11.5 Å². The molecule has 4 rings (SSSR count). The van der Waals surface area contributed by atoms with Gasteiger partial charge in [0.2, 0.25) is 5.16 Å². The Morgan fingerprint density at radius 2 is 2.09 bits per heavy atom. The van der Waals surface area contributed by atoms with Crippen LogP contribution in [0.2, 0.25) is 0 Å². The van der Waals surface area contributed by atoms with Crippen LogP contribution in [0.5, 0.6) is 5.75 Å². The number of nitrogens with zero attached hydrogens (tertiary/aromatic N) is 4. The standard InChI is InChI=1S/C15H12FN5OS/c16-10-3-5-11(6-4-10)22-8-14-18-19-15-21(14)20-13(9-23-15)12-2-1-7-17-12/h1-7,17H,8-9H2. The molecule has 1 aliphatic rings. The minimum absolute atomic E-state index is 0.209. The van der Waals surface area contributed by atoms with E-state index >= 15 is 0 Å². The Morgan fingerprint density at radius 1 is 1.22 bits per heavy atom. The van der Waals surface area contributed by atoms with Crippen LogP contribution >= 0.6 is 11.8 Å². The summed E-state index contributed by atoms with van der Waals surface area (Å²) in [7, 11) is 0. The summed E-state index contributed by atoms with van der Waals surface area (Å²) in [4.78, 5) is 3.15. The number of ether oxygens (including phenoxy) is 1. The van der Waals surface area contributed by atoms with E-state index in [0.717, 1.165) is 22.3 Å². The molecule has 6 nitrogen and oxygen atoms in total. The highest BCUT2D eigenvalue weighted by atomic mass is 32.2. The predicted octanol–water partition coefficient (Wildman–Crippen LogP) is 2.68. The maximum atomic E-state index is 12.9. The van der Waals surface area contributed by atoms with Crippen LogP contribution in [-0.2, 0) is 6.61 Å². The number of hydrogen-bond acceptors (Lipinski definition) is 5. The molecule has 0 aliphatic carbocycles. The third kappa shape index (κ3) is 2.85. The van der Waals surface area contributed by atoms with Crippen molar-refractivity contribution in [3.63, 3.8) is 0 Å². The van der Waals surface area contributed by atoms with Crippen molar-refractivity contribution in [1.82, 2.24) is 19.9 Å². The number of hydrogen-bond donors (Lipinski definition) is 1. The first-order valence-electron chi connectivity index (χ1n) is 6.97. The van der Waals surface area contributed by atoms with Crippen molar-refractivity contribution in [2.45, 2.75) is 11.8 Å². The van der Waals surface area contributed by atoms with Crippen molar-refractivity contribution in [1.29, 1.82) is 0 Å². The van der Waals surface area contributed by atoms with E-state index in [1.165, 1.54) is 12.1 Å². The summed E-state index contributed by atoms with van der Waals surface area (Å²) < 4.78 is 20.2. The summed E-state index contributed by atoms with van der Waals surface area (Å²) in [6.07, 6.45) is 1.86. The Labute approximate surface area is 135 Å². The number of aromatic nitrogens is 4. The van der Waals surface area contributed by atoms with Crippen molar-refractivity contribution in [2.24, 2.45) is 5.10 Å². The van der Waals surface area contributed by atoms with Gasteiger partial charge in [0.25, 0.3) is 0 Å². The third-order valence-electron chi connectivity index (χ3n) is 3.33. The van der Waals surface area contributed by atoms with Gasteiger partial charge < -0.3 is 9.72 Å². The summed E-state index contributed by atoms with van der Waals surface area (Å²) >= 11 is 1.57. The van der Waals surface area contributed by atoms with Gasteiger partial charge in [0.1, 0.15) is 18.2 Å². The molecule has 0 amide bonds. The molecular formula is C15H12FN5OS. The molecule has 0 bridgehead atoms. The Kier molecular flexibility index (Phi) is 3.58. The maximum absolute atomic E-state index is 12.9. The van der Waals surface area contributed by atoms with Crippen molar-refractivity contribution < 1.29 is 9.13 Å². The minimum Gasteiger partial charge on any atom is -0.486 e. The number of nitrogens with one attached hydrogen (secondary N) is 1. The fourth-order valence-electron chi connectivity index (χ4n) is 2.18. The Bertz CT molecular complexity index is 841. The second kappa shape index (κ2) is 5.88. The molecule has 2 aromatic heterocycles. The van der Waals surface area contributed by atoms with Crippen molar-refractivity contribution in [3.05, 3.63) is 59.9 Å². The van der Waals surface area contributed by atoms with E-state index in [2.05, 4.69) is 20.3 Å². The number of aromatic amines is 1. The highest BCUT2D eigenvalue weighted by Gasteiger charge is 2.20. The number of fused-ring (bicyclic) bond motifs is 1. The number of benzene rings is 1. The summed E-state index contributed by atoms with van der Waals surface area (Å²) in [5.41, 5.74) is 1.90. The quantitative estimate of drug-likeness (QED) is 0.799. The molecule has 23 heavy (non-hydrogen) atoms. The van der Waals surface area contributed by atoms with Crippen molar-refractivity contribution in [3.8, 4) is 5.75 Å². The molecule has 0 fully saturated rings. The first-order valence-corrected chi connectivity index (χ1v) is 7.95. The smallest absolute Gasteiger partial charge is 0.212 e. The number of H-pyrrole nitrogens is 1. The van der Waals surface area contributed by atoms with Crippen LogP contribution < -0.4 is 4.74 Å². The monoisotopic (exact) mass is 329 g/mol. The van der Waals surface area contributed by atoms with Crippen LogP contribution in [0, 0.1) is 5.82 Å². The van der Waals surface area contributed by atoms with Crippen molar-refractivity contribution in [2.75, 3.05) is 5.75 Å². The van der Waals surface area contributed by atoms with Crippen LogP contribution in [0.4, 0.5) is 4.39 Å². The molecule has 116 valence electrons. The molecule has 0 atom stereocenters. The summed E-state index contributed by atoms with van der Waals surface area (Å²) in [6.45, 7) is 0.209. The van der Waals surface area contributed by atoms with Gasteiger partial charge in [-0.1, -0.05) is 11.8 Å². The molecule has 0 saturated carbocycles. The van der Waals surface area contributed by atoms with Crippen LogP contribution in [0.3, 0.4) is 0 Å². The van der Waals surface area contributed by atoms with Gasteiger partial charge >= 0.3 is 0 Å². The fraction of sp³-hybridized carbons (Fsp3) is 0.133. The van der Waals surface area contributed by atoms with Gasteiger partial charge in [-0.2, -0.15) is 9.78 Å². The lowest BCUT2D eigenvalue weighted by Gasteiger charge is -2.13. The van der Waals surface area contributed by atoms with Crippen LogP contribution in [0.25, 0.3) is 0 Å². The predicted molar refractivity (Wildman–Crippen MR) is 84.2 cm³/mol. The van der Waals surface area contributed by atoms with E-state index in [1.54, 1.807) is 28.6 Å². The van der Waals surface area contributed by atoms with Crippen molar-refractivity contribution >= 4 is 17.5 Å². The third-order valence-corrected chi connectivity index (χ3v) is 4.26. The topological polar surface area (TPSA) is 68.1 Å². The maximum Gasteiger partial charge on any atom is 0.212 e. The minimum atomic E-state index is -0.297. The average Bonchev–Trinajstić information content (AvgIpc) is 3.24. The molecule has 3 aromatic rings. The highest BCUT2D eigenvalue weighted by molar-refractivity contribution is 7.99. The number of rotatable bonds is 4. The first-order chi connectivity index (χ1) is 11.3. The van der Waals surface area contributed by atoms with E-state index in [0.29, 0.717) is 11.6 Å². The Hall–Kier alpha value is -2.61. The molecule has 0 unspecified atom stereocenters. The van der Waals surface area contributed by atoms with E-state index < -0.39 is 0 Å². The Morgan fingerprint density at radius 3 is 2.87 bits per heavy atom. The molecule has 0 saturated heterocycles. The first kappa shape index (κ1) is 14.0. The summed E-state index contributed by atoms with van der Waals surface area (Å²) in [5, 5.41) is 13.6. The fourth-order valence-corrected chi connectivity index (χ4v) is 3.02. The summed E-state index contributed by atoms with van der Waals surface area (Å²) in [5.74, 6) is 1.60. The zero-order valence-electron chi connectivity index (χ0n) is 11.9. The lowest BCUT2D eigenvalue weighted by atomic mass is 10.3. The normalized spacial score (nSPS) is 13.5. The van der Waals surface area contributed by atoms with E-state index in [9.17, 15) is 4.39 Å². The molecule has 1 N–H and O–H groups in total. The van der Waals surface area contributed by atoms with Gasteiger partial charge in [0.15, 0.2) is 5.82 Å². The lowest BCUT2D eigenvalue weighted by molar-refractivity contribution is 0.289. The average molecular weight is 329 g/mol. The van der Waals surface area contributed by atoms with E-state index in [1.807, 2.05) is 18.3 Å². The van der Waals surface area contributed by atoms with E-state index in [4.69, 9.17) is 4.74 Å². The summed E-state index contributed by atoms with van der Waals surface area (Å²) in [6, 6.07) is 9.76. The zero-order chi connectivity index (χ0) is 15.6. The number of halogens is 1. The van der Waals surface area contributed by atoms with Gasteiger partial charge in [-0.05, 0) is 36.4 Å². The van der Waals surface area contributed by atoms with Gasteiger partial charge in [0, 0.05) is 11.9 Å². The van der Waals surface area contributed by atoms with Crippen LogP contribution in [-0.4, -0.2) is 31.3 Å². The second-order valence-electron chi connectivity index (χ2n) is 4.87. The van der Waals surface area contributed by atoms with Crippen LogP contribution in [0.15, 0.2) is 52.9 Å². The SMILES string of the molecule is Fc1ccc(OCc2nnc3n2N=C(c2ccc[nH]2)CS3)cc1. The highest BCUT2D eigenvalue weighted by Crippen LogP contribution is 2.24. The zero-order valence-corrected chi connectivity index (χ0v) is 12.8. The molecule has 0 radical (unpaired) electrons. The van der Waals surface area contributed by atoms with Gasteiger partial charge in [0.05, 0.1) is 11.4 Å². The molecular weight excluding hydrogens is 317 g/mol. The molecule has 1 aromatic carbocycles. The van der Waals surface area contributed by atoms with Gasteiger partial charge in [-0.3, -0.25) is 0 Å². The second-order valence-corrected chi connectivity index (χ2v) is 5.81. The Balaban J connectivity index is 1.56. The van der Waals surface area contributed by atoms with Gasteiger partial charge in [-0.15, -0.1) is 10.2 Å².